The number of rotatable bonds is 2. The van der Waals surface area contributed by atoms with Crippen molar-refractivity contribution in [2.24, 2.45) is 0 Å². The first kappa shape index (κ1) is 12.0. The van der Waals surface area contributed by atoms with E-state index in [0.717, 1.165) is 30.0 Å². The number of anilines is 1. The van der Waals surface area contributed by atoms with Crippen LogP contribution in [0.25, 0.3) is 0 Å². The predicted octanol–water partition coefficient (Wildman–Crippen LogP) is 3.77. The molecule has 4 heteroatoms. The van der Waals surface area contributed by atoms with Crippen LogP contribution in [0.2, 0.25) is 0 Å². The molecular formula is C15H13F2NO. The van der Waals surface area contributed by atoms with Crippen molar-refractivity contribution in [3.8, 4) is 5.75 Å². The number of phenolic OH excluding ortho intramolecular Hbond substituents is 1. The number of nitrogens with one attached hydrogen (secondary N) is 1. The van der Waals surface area contributed by atoms with Gasteiger partial charge in [-0.05, 0) is 42.2 Å². The molecule has 0 heterocycles. The standard InChI is InChI=1S/C15H13F2NO/c16-9-4-6-14(12(17)8-9)18-13-7-5-11-10(13)2-1-3-15(11)19/h1-4,6,8,13,18-19H,5,7H2. The summed E-state index contributed by atoms with van der Waals surface area (Å²) < 4.78 is 26.5. The number of halogens is 2. The zero-order chi connectivity index (χ0) is 13.4. The van der Waals surface area contributed by atoms with Crippen LogP contribution in [0, 0.1) is 11.6 Å². The Bertz CT molecular complexity index is 628. The first-order valence-corrected chi connectivity index (χ1v) is 6.17. The summed E-state index contributed by atoms with van der Waals surface area (Å²) in [5.41, 5.74) is 2.16. The molecule has 0 saturated carbocycles. The highest BCUT2D eigenvalue weighted by molar-refractivity contribution is 5.51. The van der Waals surface area contributed by atoms with Crippen molar-refractivity contribution in [3.63, 3.8) is 0 Å². The van der Waals surface area contributed by atoms with Crippen LogP contribution in [0.5, 0.6) is 5.75 Å². The SMILES string of the molecule is Oc1cccc2c1CCC2Nc1ccc(F)cc1F. The third-order valence-electron chi connectivity index (χ3n) is 3.51. The molecule has 0 radical (unpaired) electrons. The molecule has 0 fully saturated rings. The summed E-state index contributed by atoms with van der Waals surface area (Å²) in [4.78, 5) is 0. The van der Waals surface area contributed by atoms with Gasteiger partial charge in [0.1, 0.15) is 17.4 Å². The fraction of sp³-hybridized carbons (Fsp3) is 0.200. The molecule has 0 spiro atoms. The minimum Gasteiger partial charge on any atom is -0.508 e. The molecule has 0 amide bonds. The summed E-state index contributed by atoms with van der Waals surface area (Å²) in [7, 11) is 0. The molecule has 0 bridgehead atoms. The lowest BCUT2D eigenvalue weighted by molar-refractivity contribution is 0.469. The van der Waals surface area contributed by atoms with Gasteiger partial charge in [0, 0.05) is 6.07 Å². The van der Waals surface area contributed by atoms with E-state index in [1.165, 1.54) is 12.1 Å². The molecule has 19 heavy (non-hydrogen) atoms. The van der Waals surface area contributed by atoms with Crippen LogP contribution >= 0.6 is 0 Å². The number of phenols is 1. The van der Waals surface area contributed by atoms with Gasteiger partial charge >= 0.3 is 0 Å². The van der Waals surface area contributed by atoms with E-state index in [9.17, 15) is 13.9 Å². The summed E-state index contributed by atoms with van der Waals surface area (Å²) in [6.45, 7) is 0. The van der Waals surface area contributed by atoms with Gasteiger partial charge in [0.15, 0.2) is 0 Å². The number of aromatic hydroxyl groups is 1. The molecule has 0 aliphatic heterocycles. The smallest absolute Gasteiger partial charge is 0.149 e. The highest BCUT2D eigenvalue weighted by Crippen LogP contribution is 2.38. The molecule has 98 valence electrons. The second-order valence-electron chi connectivity index (χ2n) is 4.70. The van der Waals surface area contributed by atoms with Crippen LogP contribution in [0.15, 0.2) is 36.4 Å². The van der Waals surface area contributed by atoms with Crippen LogP contribution in [-0.2, 0) is 6.42 Å². The van der Waals surface area contributed by atoms with Crippen LogP contribution in [0.1, 0.15) is 23.6 Å². The molecule has 2 nitrogen and oxygen atoms in total. The van der Waals surface area contributed by atoms with E-state index < -0.39 is 11.6 Å². The summed E-state index contributed by atoms with van der Waals surface area (Å²) in [5.74, 6) is -0.914. The normalized spacial score (nSPS) is 17.3. The van der Waals surface area contributed by atoms with Gasteiger partial charge in [-0.1, -0.05) is 12.1 Å². The van der Waals surface area contributed by atoms with Gasteiger partial charge in [-0.2, -0.15) is 0 Å². The average Bonchev–Trinajstić information content (AvgIpc) is 2.78. The van der Waals surface area contributed by atoms with Crippen molar-refractivity contribution < 1.29 is 13.9 Å². The molecule has 0 aromatic heterocycles. The van der Waals surface area contributed by atoms with E-state index in [1.54, 1.807) is 12.1 Å². The first-order valence-electron chi connectivity index (χ1n) is 6.17. The Morgan fingerprint density at radius 3 is 2.79 bits per heavy atom. The Morgan fingerprint density at radius 2 is 2.00 bits per heavy atom. The highest BCUT2D eigenvalue weighted by Gasteiger charge is 2.25. The van der Waals surface area contributed by atoms with Gasteiger partial charge in [0.25, 0.3) is 0 Å². The summed E-state index contributed by atoms with van der Waals surface area (Å²) in [6.07, 6.45) is 1.53. The number of fused-ring (bicyclic) bond motifs is 1. The molecule has 1 unspecified atom stereocenters. The van der Waals surface area contributed by atoms with Gasteiger partial charge in [-0.25, -0.2) is 8.78 Å². The molecule has 2 N–H and O–H groups in total. The lowest BCUT2D eigenvalue weighted by Crippen LogP contribution is -2.08. The van der Waals surface area contributed by atoms with Crippen molar-refractivity contribution in [2.75, 3.05) is 5.32 Å². The quantitative estimate of drug-likeness (QED) is 0.862. The number of benzene rings is 2. The number of hydrogen-bond donors (Lipinski definition) is 2. The van der Waals surface area contributed by atoms with Gasteiger partial charge < -0.3 is 10.4 Å². The molecule has 1 aliphatic carbocycles. The van der Waals surface area contributed by atoms with E-state index in [-0.39, 0.29) is 17.5 Å². The van der Waals surface area contributed by atoms with Crippen LogP contribution < -0.4 is 5.32 Å². The second kappa shape index (κ2) is 4.53. The van der Waals surface area contributed by atoms with Crippen LogP contribution in [0.3, 0.4) is 0 Å². The van der Waals surface area contributed by atoms with Crippen molar-refractivity contribution in [2.45, 2.75) is 18.9 Å². The maximum atomic E-state index is 13.6. The summed E-state index contributed by atoms with van der Waals surface area (Å²) >= 11 is 0. The van der Waals surface area contributed by atoms with E-state index >= 15 is 0 Å². The number of hydrogen-bond acceptors (Lipinski definition) is 2. The van der Waals surface area contributed by atoms with Crippen molar-refractivity contribution in [1.82, 2.24) is 0 Å². The summed E-state index contributed by atoms with van der Waals surface area (Å²) in [5, 5.41) is 12.8. The van der Waals surface area contributed by atoms with Crippen molar-refractivity contribution in [1.29, 1.82) is 0 Å². The Kier molecular flexibility index (Phi) is 2.85. The average molecular weight is 261 g/mol. The second-order valence-corrected chi connectivity index (χ2v) is 4.70. The molecule has 1 atom stereocenters. The van der Waals surface area contributed by atoms with Crippen molar-refractivity contribution >= 4 is 5.69 Å². The van der Waals surface area contributed by atoms with Gasteiger partial charge in [0.05, 0.1) is 11.7 Å². The fourth-order valence-corrected chi connectivity index (χ4v) is 2.58. The Hall–Kier alpha value is -2.10. The zero-order valence-corrected chi connectivity index (χ0v) is 10.2. The first-order chi connectivity index (χ1) is 9.15. The van der Waals surface area contributed by atoms with E-state index in [1.807, 2.05) is 6.07 Å². The third kappa shape index (κ3) is 2.14. The Morgan fingerprint density at radius 1 is 1.16 bits per heavy atom. The topological polar surface area (TPSA) is 32.3 Å². The van der Waals surface area contributed by atoms with Gasteiger partial charge in [-0.3, -0.25) is 0 Å². The van der Waals surface area contributed by atoms with E-state index in [2.05, 4.69) is 5.32 Å². The molecule has 1 aliphatic rings. The Labute approximate surface area is 109 Å². The van der Waals surface area contributed by atoms with Crippen LogP contribution in [0.4, 0.5) is 14.5 Å². The van der Waals surface area contributed by atoms with Gasteiger partial charge in [0.2, 0.25) is 0 Å². The molecule has 3 rings (SSSR count). The largest absolute Gasteiger partial charge is 0.508 e. The van der Waals surface area contributed by atoms with Crippen molar-refractivity contribution in [3.05, 3.63) is 59.2 Å². The zero-order valence-electron chi connectivity index (χ0n) is 10.2. The maximum absolute atomic E-state index is 13.6. The predicted molar refractivity (Wildman–Crippen MR) is 69.1 cm³/mol. The lowest BCUT2D eigenvalue weighted by atomic mass is 10.1. The maximum Gasteiger partial charge on any atom is 0.149 e. The Balaban J connectivity index is 1.89. The van der Waals surface area contributed by atoms with E-state index in [0.29, 0.717) is 0 Å². The minimum atomic E-state index is -0.603. The van der Waals surface area contributed by atoms with Gasteiger partial charge in [-0.15, -0.1) is 0 Å². The van der Waals surface area contributed by atoms with Crippen LogP contribution in [-0.4, -0.2) is 5.11 Å². The fourth-order valence-electron chi connectivity index (χ4n) is 2.58. The third-order valence-corrected chi connectivity index (χ3v) is 3.51. The van der Waals surface area contributed by atoms with E-state index in [4.69, 9.17) is 0 Å². The molecule has 0 saturated heterocycles. The molecule has 2 aromatic carbocycles. The monoisotopic (exact) mass is 261 g/mol. The highest BCUT2D eigenvalue weighted by atomic mass is 19.1. The molecular weight excluding hydrogens is 248 g/mol. The lowest BCUT2D eigenvalue weighted by Gasteiger charge is -2.16. The minimum absolute atomic E-state index is 0.0536. The summed E-state index contributed by atoms with van der Waals surface area (Å²) in [6, 6.07) is 8.77. The molecule has 2 aromatic rings.